The van der Waals surface area contributed by atoms with E-state index in [1.165, 1.54) is 0 Å². The lowest BCUT2D eigenvalue weighted by Gasteiger charge is -2.36. The fourth-order valence-electron chi connectivity index (χ4n) is 4.06. The number of ether oxygens (including phenoxy) is 1. The molecule has 1 aromatic carbocycles. The number of carbonyl (C=O) groups excluding carboxylic acids is 4. The van der Waals surface area contributed by atoms with Crippen LogP contribution in [0.3, 0.4) is 0 Å². The molecule has 1 aromatic rings. The lowest BCUT2D eigenvalue weighted by molar-refractivity contribution is -0.143. The summed E-state index contributed by atoms with van der Waals surface area (Å²) in [4.78, 5) is 53.2. The normalized spacial score (nSPS) is 15.2. The van der Waals surface area contributed by atoms with Crippen molar-refractivity contribution in [1.82, 2.24) is 15.5 Å². The van der Waals surface area contributed by atoms with Crippen LogP contribution in [-0.4, -0.2) is 52.4 Å². The Kier molecular flexibility index (Phi) is 9.29. The maximum atomic E-state index is 14.0. The average molecular weight is 489 g/mol. The van der Waals surface area contributed by atoms with Gasteiger partial charge in [-0.05, 0) is 84.4 Å². The summed E-state index contributed by atoms with van der Waals surface area (Å²) >= 11 is 0. The van der Waals surface area contributed by atoms with Gasteiger partial charge in [0.15, 0.2) is 0 Å². The minimum Gasteiger partial charge on any atom is -0.444 e. The van der Waals surface area contributed by atoms with Gasteiger partial charge < -0.3 is 26.0 Å². The average Bonchev–Trinajstić information content (AvgIpc) is 3.52. The second kappa shape index (κ2) is 11.6. The van der Waals surface area contributed by atoms with Gasteiger partial charge in [-0.1, -0.05) is 18.2 Å². The molecule has 1 fully saturated rings. The maximum absolute atomic E-state index is 14.0. The molecule has 0 saturated heterocycles. The van der Waals surface area contributed by atoms with Gasteiger partial charge >= 0.3 is 6.09 Å². The number of benzene rings is 1. The van der Waals surface area contributed by atoms with E-state index in [2.05, 4.69) is 10.6 Å². The van der Waals surface area contributed by atoms with Crippen molar-refractivity contribution in [2.75, 3.05) is 0 Å². The van der Waals surface area contributed by atoms with Crippen molar-refractivity contribution in [1.29, 1.82) is 0 Å². The van der Waals surface area contributed by atoms with Crippen LogP contribution < -0.4 is 16.4 Å². The third-order valence-electron chi connectivity index (χ3n) is 5.64. The molecule has 0 aromatic heterocycles. The fraction of sp³-hybridized carbons (Fsp3) is 0.615. The summed E-state index contributed by atoms with van der Waals surface area (Å²) in [6, 6.07) is 3.51. The van der Waals surface area contributed by atoms with E-state index in [-0.39, 0.29) is 30.8 Å². The fourth-order valence-corrected chi connectivity index (χ4v) is 4.06. The van der Waals surface area contributed by atoms with Crippen LogP contribution in [-0.2, 0) is 19.1 Å². The highest BCUT2D eigenvalue weighted by Gasteiger charge is 2.45. The number of hydrogen-bond acceptors (Lipinski definition) is 5. The standard InChI is InChI=1S/C26H40N4O5/c1-15(2)28-23(32)22(21-16(3)9-8-10-17(21)4)30(18-11-12-18)24(33)19(13-14-20(27)31)29-25(34)35-26(5,6)7/h8-10,15,18-19,22H,11-14H2,1-7H3,(H2,27,31)(H,28,32)(H,29,34). The van der Waals surface area contributed by atoms with E-state index in [4.69, 9.17) is 10.5 Å². The largest absolute Gasteiger partial charge is 0.444 e. The van der Waals surface area contributed by atoms with Crippen LogP contribution in [0.2, 0.25) is 0 Å². The van der Waals surface area contributed by atoms with Gasteiger partial charge in [0, 0.05) is 18.5 Å². The molecular formula is C26H40N4O5. The smallest absolute Gasteiger partial charge is 0.408 e. The number of alkyl carbamates (subject to hydrolysis) is 1. The second-order valence-corrected chi connectivity index (χ2v) is 10.6. The summed E-state index contributed by atoms with van der Waals surface area (Å²) in [5, 5.41) is 5.57. The summed E-state index contributed by atoms with van der Waals surface area (Å²) in [6.07, 6.45) is 0.624. The Bertz CT molecular complexity index is 929. The molecule has 35 heavy (non-hydrogen) atoms. The third kappa shape index (κ3) is 8.26. The van der Waals surface area contributed by atoms with Crippen LogP contribution in [0.15, 0.2) is 18.2 Å². The highest BCUT2D eigenvalue weighted by molar-refractivity contribution is 5.93. The molecule has 0 aliphatic heterocycles. The molecule has 2 unspecified atom stereocenters. The van der Waals surface area contributed by atoms with E-state index in [1.807, 2.05) is 45.9 Å². The molecule has 9 heteroatoms. The molecule has 0 heterocycles. The van der Waals surface area contributed by atoms with Gasteiger partial charge in [-0.3, -0.25) is 14.4 Å². The van der Waals surface area contributed by atoms with E-state index in [0.717, 1.165) is 29.5 Å². The van der Waals surface area contributed by atoms with Gasteiger partial charge in [0.25, 0.3) is 0 Å². The van der Waals surface area contributed by atoms with Crippen molar-refractivity contribution in [2.45, 2.75) is 104 Å². The molecule has 2 atom stereocenters. The Morgan fingerprint density at radius 1 is 1.09 bits per heavy atom. The monoisotopic (exact) mass is 488 g/mol. The Balaban J connectivity index is 2.51. The first-order valence-electron chi connectivity index (χ1n) is 12.2. The highest BCUT2D eigenvalue weighted by Crippen LogP contribution is 2.38. The number of nitrogens with zero attached hydrogens (tertiary/aromatic N) is 1. The van der Waals surface area contributed by atoms with E-state index in [9.17, 15) is 19.2 Å². The third-order valence-corrected chi connectivity index (χ3v) is 5.64. The zero-order valence-electron chi connectivity index (χ0n) is 21.9. The SMILES string of the molecule is Cc1cccc(C)c1C(C(=O)NC(C)C)N(C(=O)C(CCC(N)=O)NC(=O)OC(C)(C)C)C1CC1. The van der Waals surface area contributed by atoms with Crippen LogP contribution in [0.5, 0.6) is 0 Å². The number of aryl methyl sites for hydroxylation is 2. The molecule has 0 bridgehead atoms. The Labute approximate surface area is 208 Å². The zero-order chi connectivity index (χ0) is 26.5. The van der Waals surface area contributed by atoms with Crippen LogP contribution in [0.25, 0.3) is 0 Å². The summed E-state index contributed by atoms with van der Waals surface area (Å²) in [7, 11) is 0. The molecule has 4 N–H and O–H groups in total. The Hall–Kier alpha value is -3.10. The molecule has 1 aliphatic rings. The number of amides is 4. The Morgan fingerprint density at radius 3 is 2.11 bits per heavy atom. The lowest BCUT2D eigenvalue weighted by Crippen LogP contribution is -2.54. The maximum Gasteiger partial charge on any atom is 0.408 e. The number of hydrogen-bond donors (Lipinski definition) is 3. The van der Waals surface area contributed by atoms with Crippen molar-refractivity contribution in [3.05, 3.63) is 34.9 Å². The number of carbonyl (C=O) groups is 4. The minimum atomic E-state index is -1.07. The molecule has 4 amide bonds. The summed E-state index contributed by atoms with van der Waals surface area (Å²) < 4.78 is 5.35. The molecule has 1 saturated carbocycles. The minimum absolute atomic E-state index is 0.00189. The van der Waals surface area contributed by atoms with E-state index in [1.54, 1.807) is 25.7 Å². The van der Waals surface area contributed by atoms with E-state index >= 15 is 0 Å². The Morgan fingerprint density at radius 2 is 1.66 bits per heavy atom. The van der Waals surface area contributed by atoms with Crippen molar-refractivity contribution < 1.29 is 23.9 Å². The van der Waals surface area contributed by atoms with Gasteiger partial charge in [-0.15, -0.1) is 0 Å². The van der Waals surface area contributed by atoms with Crippen LogP contribution in [0.1, 0.15) is 83.0 Å². The number of primary amides is 1. The van der Waals surface area contributed by atoms with Gasteiger partial charge in [-0.25, -0.2) is 4.79 Å². The summed E-state index contributed by atoms with van der Waals surface area (Å²) in [5.74, 6) is -1.31. The first-order chi connectivity index (χ1) is 16.2. The molecule has 1 aliphatic carbocycles. The number of nitrogens with two attached hydrogens (primary N) is 1. The quantitative estimate of drug-likeness (QED) is 0.466. The zero-order valence-corrected chi connectivity index (χ0v) is 21.9. The van der Waals surface area contributed by atoms with Gasteiger partial charge in [0.05, 0.1) is 0 Å². The molecular weight excluding hydrogens is 448 g/mol. The number of rotatable bonds is 10. The molecule has 194 valence electrons. The van der Waals surface area contributed by atoms with Gasteiger partial charge in [-0.2, -0.15) is 0 Å². The van der Waals surface area contributed by atoms with Crippen molar-refractivity contribution in [2.24, 2.45) is 5.73 Å². The summed E-state index contributed by atoms with van der Waals surface area (Å²) in [6.45, 7) is 12.7. The van der Waals surface area contributed by atoms with E-state index < -0.39 is 35.6 Å². The molecule has 2 rings (SSSR count). The lowest BCUT2D eigenvalue weighted by atomic mass is 9.93. The van der Waals surface area contributed by atoms with E-state index in [0.29, 0.717) is 0 Å². The van der Waals surface area contributed by atoms with Crippen molar-refractivity contribution in [3.63, 3.8) is 0 Å². The predicted octanol–water partition coefficient (Wildman–Crippen LogP) is 3.02. The predicted molar refractivity (Wildman–Crippen MR) is 133 cm³/mol. The van der Waals surface area contributed by atoms with Crippen LogP contribution >= 0.6 is 0 Å². The highest BCUT2D eigenvalue weighted by atomic mass is 16.6. The molecule has 9 nitrogen and oxygen atoms in total. The van der Waals surface area contributed by atoms with Crippen molar-refractivity contribution in [3.8, 4) is 0 Å². The first kappa shape index (κ1) is 28.1. The molecule has 0 radical (unpaired) electrons. The van der Waals surface area contributed by atoms with Gasteiger partial charge in [0.2, 0.25) is 17.7 Å². The van der Waals surface area contributed by atoms with Crippen LogP contribution in [0.4, 0.5) is 4.79 Å². The topological polar surface area (TPSA) is 131 Å². The first-order valence-corrected chi connectivity index (χ1v) is 12.2. The van der Waals surface area contributed by atoms with Crippen molar-refractivity contribution >= 4 is 23.8 Å². The summed E-state index contributed by atoms with van der Waals surface area (Å²) in [5.41, 5.74) is 7.12. The van der Waals surface area contributed by atoms with Gasteiger partial charge in [0.1, 0.15) is 17.7 Å². The van der Waals surface area contributed by atoms with Crippen LogP contribution in [0, 0.1) is 13.8 Å². The molecule has 0 spiro atoms. The second-order valence-electron chi connectivity index (χ2n) is 10.6. The number of nitrogens with one attached hydrogen (secondary N) is 2.